The highest BCUT2D eigenvalue weighted by atomic mass is 16.6. The molecule has 1 amide bonds. The first kappa shape index (κ1) is 17.0. The number of carbonyl (C=O) groups is 1. The van der Waals surface area contributed by atoms with Crippen molar-refractivity contribution >= 4 is 17.6 Å². The second-order valence-electron chi connectivity index (χ2n) is 6.43. The number of rotatable bonds is 3. The van der Waals surface area contributed by atoms with Crippen molar-refractivity contribution in [3.8, 4) is 0 Å². The average molecular weight is 316 g/mol. The van der Waals surface area contributed by atoms with Crippen LogP contribution in [0.1, 0.15) is 32.8 Å². The number of aromatic nitrogens is 1. The Hall–Kier alpha value is -2.37. The minimum atomic E-state index is -0.495. The summed E-state index contributed by atoms with van der Waals surface area (Å²) in [6, 6.07) is 3.70. The van der Waals surface area contributed by atoms with E-state index in [1.807, 2.05) is 39.0 Å². The molecular weight excluding hydrogens is 292 g/mol. The minimum absolute atomic E-state index is 0.309. The molecule has 6 heteroatoms. The Labute approximate surface area is 137 Å². The number of pyridine rings is 1. The Morgan fingerprint density at radius 3 is 2.74 bits per heavy atom. The van der Waals surface area contributed by atoms with Crippen LogP contribution in [0, 0.1) is 5.41 Å². The molecule has 0 saturated carbocycles. The number of nitrogens with one attached hydrogen (secondary N) is 2. The molecule has 0 unspecified atom stereocenters. The van der Waals surface area contributed by atoms with Crippen molar-refractivity contribution in [2.24, 2.45) is 0 Å². The van der Waals surface area contributed by atoms with E-state index >= 15 is 0 Å². The molecule has 124 valence electrons. The van der Waals surface area contributed by atoms with Crippen LogP contribution in [0.5, 0.6) is 0 Å². The lowest BCUT2D eigenvalue weighted by atomic mass is 9.97. The van der Waals surface area contributed by atoms with Gasteiger partial charge in [-0.1, -0.05) is 6.08 Å². The Morgan fingerprint density at radius 2 is 2.17 bits per heavy atom. The Bertz CT molecular complexity index is 632. The molecule has 2 N–H and O–H groups in total. The topological polar surface area (TPSA) is 78.3 Å². The molecule has 0 aliphatic carbocycles. The second kappa shape index (κ2) is 6.81. The van der Waals surface area contributed by atoms with Crippen molar-refractivity contribution in [3.63, 3.8) is 0 Å². The van der Waals surface area contributed by atoms with Crippen molar-refractivity contribution < 1.29 is 9.53 Å². The van der Waals surface area contributed by atoms with Crippen LogP contribution in [0.3, 0.4) is 0 Å². The van der Waals surface area contributed by atoms with E-state index in [9.17, 15) is 4.79 Å². The molecule has 2 rings (SSSR count). The molecule has 1 aromatic heterocycles. The summed E-state index contributed by atoms with van der Waals surface area (Å²) >= 11 is 0. The van der Waals surface area contributed by atoms with E-state index in [1.54, 1.807) is 18.1 Å². The van der Waals surface area contributed by atoms with E-state index in [1.165, 1.54) is 0 Å². The molecule has 6 nitrogen and oxygen atoms in total. The molecule has 23 heavy (non-hydrogen) atoms. The van der Waals surface area contributed by atoms with Gasteiger partial charge in [0.1, 0.15) is 11.4 Å². The zero-order valence-electron chi connectivity index (χ0n) is 14.1. The van der Waals surface area contributed by atoms with Gasteiger partial charge in [-0.25, -0.2) is 9.78 Å². The quantitative estimate of drug-likeness (QED) is 0.840. The van der Waals surface area contributed by atoms with E-state index in [2.05, 4.69) is 10.3 Å². The zero-order valence-corrected chi connectivity index (χ0v) is 14.1. The van der Waals surface area contributed by atoms with Gasteiger partial charge in [-0.3, -0.25) is 5.41 Å². The van der Waals surface area contributed by atoms with Crippen LogP contribution in [-0.2, 0) is 4.74 Å². The predicted molar refractivity (Wildman–Crippen MR) is 91.1 cm³/mol. The van der Waals surface area contributed by atoms with Gasteiger partial charge >= 0.3 is 6.09 Å². The maximum atomic E-state index is 12.1. The maximum Gasteiger partial charge on any atom is 0.410 e. The summed E-state index contributed by atoms with van der Waals surface area (Å²) in [6.45, 7) is 6.58. The van der Waals surface area contributed by atoms with Crippen LogP contribution >= 0.6 is 0 Å². The fourth-order valence-electron chi connectivity index (χ4n) is 2.37. The maximum absolute atomic E-state index is 12.1. The monoisotopic (exact) mass is 316 g/mol. The minimum Gasteiger partial charge on any atom is -0.444 e. The molecular formula is C17H24N4O2. The molecule has 0 radical (unpaired) electrons. The first-order valence-corrected chi connectivity index (χ1v) is 7.71. The van der Waals surface area contributed by atoms with Gasteiger partial charge in [-0.15, -0.1) is 0 Å². The highest BCUT2D eigenvalue weighted by Gasteiger charge is 2.25. The van der Waals surface area contributed by atoms with E-state index in [0.717, 1.165) is 11.1 Å². The molecule has 0 atom stereocenters. The Balaban J connectivity index is 2.07. The second-order valence-corrected chi connectivity index (χ2v) is 6.43. The van der Waals surface area contributed by atoms with Crippen LogP contribution < -0.4 is 5.32 Å². The summed E-state index contributed by atoms with van der Waals surface area (Å²) in [5, 5.41) is 11.4. The molecule has 0 aromatic carbocycles. The normalized spacial score (nSPS) is 15.0. The van der Waals surface area contributed by atoms with Crippen molar-refractivity contribution in [2.75, 3.05) is 25.5 Å². The summed E-state index contributed by atoms with van der Waals surface area (Å²) in [4.78, 5) is 18.0. The van der Waals surface area contributed by atoms with Gasteiger partial charge in [-0.2, -0.15) is 0 Å². The predicted octanol–water partition coefficient (Wildman–Crippen LogP) is 3.06. The molecule has 1 aliphatic heterocycles. The Morgan fingerprint density at radius 1 is 1.43 bits per heavy atom. The molecule has 2 heterocycles. The smallest absolute Gasteiger partial charge is 0.410 e. The van der Waals surface area contributed by atoms with E-state index < -0.39 is 5.60 Å². The van der Waals surface area contributed by atoms with E-state index in [4.69, 9.17) is 10.1 Å². The SMILES string of the molecule is CNc1ncccc1C(=N)C1=CCN(C(=O)OC(C)(C)C)CC1. The van der Waals surface area contributed by atoms with Crippen LogP contribution in [0.15, 0.2) is 30.0 Å². The van der Waals surface area contributed by atoms with Crippen molar-refractivity contribution in [1.29, 1.82) is 5.41 Å². The highest BCUT2D eigenvalue weighted by Crippen LogP contribution is 2.21. The van der Waals surface area contributed by atoms with Crippen LogP contribution in [0.4, 0.5) is 10.6 Å². The van der Waals surface area contributed by atoms with Crippen molar-refractivity contribution in [1.82, 2.24) is 9.88 Å². The lowest BCUT2D eigenvalue weighted by Crippen LogP contribution is -2.39. The molecule has 1 aromatic rings. The number of hydrogen-bond donors (Lipinski definition) is 2. The van der Waals surface area contributed by atoms with E-state index in [-0.39, 0.29) is 6.09 Å². The van der Waals surface area contributed by atoms with Crippen LogP contribution in [0.25, 0.3) is 0 Å². The average Bonchev–Trinajstić information content (AvgIpc) is 2.52. The third-order valence-electron chi connectivity index (χ3n) is 3.50. The summed E-state index contributed by atoms with van der Waals surface area (Å²) in [6.07, 6.45) is 3.94. The fraction of sp³-hybridized carbons (Fsp3) is 0.471. The van der Waals surface area contributed by atoms with E-state index in [0.29, 0.717) is 31.0 Å². The number of nitrogens with zero attached hydrogens (tertiary/aromatic N) is 2. The Kier molecular flexibility index (Phi) is 5.03. The van der Waals surface area contributed by atoms with Gasteiger partial charge in [0.25, 0.3) is 0 Å². The standard InChI is InChI=1S/C17H24N4O2/c1-17(2,3)23-16(22)21-10-7-12(8-11-21)14(18)13-6-5-9-20-15(13)19-4/h5-7,9,18H,8,10-11H2,1-4H3,(H,19,20). The zero-order chi connectivity index (χ0) is 17.0. The molecule has 1 aliphatic rings. The summed E-state index contributed by atoms with van der Waals surface area (Å²) in [5.74, 6) is 0.688. The largest absolute Gasteiger partial charge is 0.444 e. The molecule has 0 saturated heterocycles. The first-order valence-electron chi connectivity index (χ1n) is 7.71. The molecule has 0 spiro atoms. The number of anilines is 1. The number of ether oxygens (including phenoxy) is 1. The van der Waals surface area contributed by atoms with Gasteiger partial charge in [0.05, 0.1) is 5.71 Å². The third kappa shape index (κ3) is 4.31. The third-order valence-corrected chi connectivity index (χ3v) is 3.50. The lowest BCUT2D eigenvalue weighted by molar-refractivity contribution is 0.0267. The van der Waals surface area contributed by atoms with Gasteiger partial charge < -0.3 is 15.0 Å². The molecule has 0 fully saturated rings. The van der Waals surface area contributed by atoms with Gasteiger partial charge in [0.2, 0.25) is 0 Å². The van der Waals surface area contributed by atoms with Gasteiger partial charge in [0, 0.05) is 31.9 Å². The number of amides is 1. The van der Waals surface area contributed by atoms with Gasteiger partial charge in [0.15, 0.2) is 0 Å². The summed E-state index contributed by atoms with van der Waals surface area (Å²) in [5.41, 5.74) is 1.65. The van der Waals surface area contributed by atoms with Gasteiger partial charge in [-0.05, 0) is 44.9 Å². The first-order chi connectivity index (χ1) is 10.8. The fourth-order valence-corrected chi connectivity index (χ4v) is 2.37. The number of carbonyl (C=O) groups excluding carboxylic acids is 1. The summed E-state index contributed by atoms with van der Waals surface area (Å²) < 4.78 is 5.38. The van der Waals surface area contributed by atoms with Crippen LogP contribution in [0.2, 0.25) is 0 Å². The lowest BCUT2D eigenvalue weighted by Gasteiger charge is -2.29. The number of hydrogen-bond acceptors (Lipinski definition) is 5. The molecule has 0 bridgehead atoms. The van der Waals surface area contributed by atoms with Crippen molar-refractivity contribution in [2.45, 2.75) is 32.8 Å². The summed E-state index contributed by atoms with van der Waals surface area (Å²) in [7, 11) is 1.79. The van der Waals surface area contributed by atoms with Crippen LogP contribution in [-0.4, -0.2) is 47.4 Å². The van der Waals surface area contributed by atoms with Crippen molar-refractivity contribution in [3.05, 3.63) is 35.5 Å². The highest BCUT2D eigenvalue weighted by molar-refractivity contribution is 6.13.